The van der Waals surface area contributed by atoms with Gasteiger partial charge in [0.15, 0.2) is 0 Å². The van der Waals surface area contributed by atoms with Crippen LogP contribution < -0.4 is 10.5 Å². The van der Waals surface area contributed by atoms with Gasteiger partial charge in [-0.1, -0.05) is 19.4 Å². The lowest BCUT2D eigenvalue weighted by Crippen LogP contribution is -2.34. The van der Waals surface area contributed by atoms with E-state index in [2.05, 4.69) is 26.0 Å². The first-order valence-corrected chi connectivity index (χ1v) is 7.24. The Morgan fingerprint density at radius 2 is 2.00 bits per heavy atom. The van der Waals surface area contributed by atoms with Gasteiger partial charge in [0.1, 0.15) is 5.75 Å². The smallest absolute Gasteiger partial charge is 0.119 e. The van der Waals surface area contributed by atoms with Gasteiger partial charge in [0, 0.05) is 6.04 Å². The molecule has 0 bridgehead atoms. The van der Waals surface area contributed by atoms with E-state index in [0.717, 1.165) is 31.4 Å². The highest BCUT2D eigenvalue weighted by atomic mass is 16.5. The minimum Gasteiger partial charge on any atom is -0.494 e. The van der Waals surface area contributed by atoms with Crippen molar-refractivity contribution in [3.05, 3.63) is 29.3 Å². The lowest BCUT2D eigenvalue weighted by Gasteiger charge is -2.18. The Bertz CT molecular complexity index is 379. The summed E-state index contributed by atoms with van der Waals surface area (Å²) in [5, 5.41) is 9.99. The topological polar surface area (TPSA) is 55.5 Å². The predicted octanol–water partition coefficient (Wildman–Crippen LogP) is 2.81. The zero-order valence-corrected chi connectivity index (χ0v) is 12.4. The van der Waals surface area contributed by atoms with Gasteiger partial charge in [-0.15, -0.1) is 0 Å². The fraction of sp³-hybridized carbons (Fsp3) is 0.625. The monoisotopic (exact) mass is 265 g/mol. The van der Waals surface area contributed by atoms with Crippen molar-refractivity contribution in [1.29, 1.82) is 0 Å². The molecule has 3 nitrogen and oxygen atoms in total. The number of ether oxygens (including phenoxy) is 1. The summed E-state index contributed by atoms with van der Waals surface area (Å²) < 4.78 is 5.47. The molecule has 0 spiro atoms. The molecule has 0 aliphatic heterocycles. The van der Waals surface area contributed by atoms with Gasteiger partial charge >= 0.3 is 0 Å². The highest BCUT2D eigenvalue weighted by Gasteiger charge is 2.14. The Hall–Kier alpha value is -1.06. The maximum atomic E-state index is 9.99. The molecule has 3 heteroatoms. The highest BCUT2D eigenvalue weighted by Crippen LogP contribution is 2.19. The summed E-state index contributed by atoms with van der Waals surface area (Å²) in [5.74, 6) is 0.909. The molecule has 0 amide bonds. The number of hydrogen-bond donors (Lipinski definition) is 2. The van der Waals surface area contributed by atoms with Gasteiger partial charge in [-0.2, -0.15) is 0 Å². The average molecular weight is 265 g/mol. The van der Waals surface area contributed by atoms with Gasteiger partial charge in [0.2, 0.25) is 0 Å². The van der Waals surface area contributed by atoms with Crippen molar-refractivity contribution in [3.63, 3.8) is 0 Å². The summed E-state index contributed by atoms with van der Waals surface area (Å²) in [5.41, 5.74) is 8.39. The summed E-state index contributed by atoms with van der Waals surface area (Å²) in [4.78, 5) is 0. The van der Waals surface area contributed by atoms with Crippen molar-refractivity contribution in [1.82, 2.24) is 0 Å². The van der Waals surface area contributed by atoms with Crippen molar-refractivity contribution in [2.75, 3.05) is 6.61 Å². The standard InChI is InChI=1S/C16H27NO2/c1-4-6-15(17)16(18)10-8-13-7-9-14(19-5-2)11-12(13)3/h7,9,11,15-16,18H,4-6,8,10,17H2,1-3H3. The Balaban J connectivity index is 2.53. The zero-order chi connectivity index (χ0) is 14.3. The van der Waals surface area contributed by atoms with E-state index in [0.29, 0.717) is 6.61 Å². The van der Waals surface area contributed by atoms with Gasteiger partial charge in [0.25, 0.3) is 0 Å². The van der Waals surface area contributed by atoms with Crippen molar-refractivity contribution in [3.8, 4) is 5.75 Å². The average Bonchev–Trinajstić information content (AvgIpc) is 2.38. The lowest BCUT2D eigenvalue weighted by atomic mass is 9.97. The molecule has 2 atom stereocenters. The lowest BCUT2D eigenvalue weighted by molar-refractivity contribution is 0.131. The number of nitrogens with two attached hydrogens (primary N) is 1. The Morgan fingerprint density at radius 3 is 2.58 bits per heavy atom. The number of hydrogen-bond acceptors (Lipinski definition) is 3. The summed E-state index contributed by atoms with van der Waals surface area (Å²) >= 11 is 0. The SMILES string of the molecule is CCCC(N)C(O)CCc1ccc(OCC)cc1C. The van der Waals surface area contributed by atoms with Crippen LogP contribution in [0.25, 0.3) is 0 Å². The summed E-state index contributed by atoms with van der Waals surface area (Å²) in [6, 6.07) is 6.02. The van der Waals surface area contributed by atoms with Crippen LogP contribution in [0.4, 0.5) is 0 Å². The normalized spacial score (nSPS) is 14.2. The van der Waals surface area contributed by atoms with Crippen LogP contribution in [0.15, 0.2) is 18.2 Å². The maximum absolute atomic E-state index is 9.99. The Labute approximate surface area is 116 Å². The molecule has 0 fully saturated rings. The van der Waals surface area contributed by atoms with E-state index in [1.54, 1.807) is 0 Å². The quantitative estimate of drug-likeness (QED) is 0.760. The molecule has 0 saturated heterocycles. The molecule has 1 aromatic carbocycles. The van der Waals surface area contributed by atoms with Crippen LogP contribution in [-0.4, -0.2) is 23.9 Å². The van der Waals surface area contributed by atoms with Crippen molar-refractivity contribution in [2.45, 2.75) is 58.6 Å². The first-order valence-electron chi connectivity index (χ1n) is 7.24. The minimum atomic E-state index is -0.411. The number of rotatable bonds is 8. The second kappa shape index (κ2) is 8.18. The van der Waals surface area contributed by atoms with Crippen LogP contribution in [0.3, 0.4) is 0 Å². The number of aliphatic hydroxyl groups is 1. The van der Waals surface area contributed by atoms with E-state index in [-0.39, 0.29) is 6.04 Å². The molecule has 2 unspecified atom stereocenters. The molecule has 0 aromatic heterocycles. The molecule has 0 saturated carbocycles. The third kappa shape index (κ3) is 5.21. The fourth-order valence-electron chi connectivity index (χ4n) is 2.25. The number of aryl methyl sites for hydroxylation is 2. The van der Waals surface area contributed by atoms with Gasteiger partial charge in [-0.25, -0.2) is 0 Å². The first kappa shape index (κ1) is 16.0. The zero-order valence-electron chi connectivity index (χ0n) is 12.4. The van der Waals surface area contributed by atoms with Gasteiger partial charge in [-0.3, -0.25) is 0 Å². The second-order valence-electron chi connectivity index (χ2n) is 5.08. The van der Waals surface area contributed by atoms with Crippen LogP contribution in [0.5, 0.6) is 5.75 Å². The summed E-state index contributed by atoms with van der Waals surface area (Å²) in [6.45, 7) is 6.83. The summed E-state index contributed by atoms with van der Waals surface area (Å²) in [6.07, 6.45) is 3.06. The van der Waals surface area contributed by atoms with E-state index >= 15 is 0 Å². The van der Waals surface area contributed by atoms with Crippen LogP contribution in [0.1, 0.15) is 44.2 Å². The third-order valence-electron chi connectivity index (χ3n) is 3.45. The Morgan fingerprint density at radius 1 is 1.26 bits per heavy atom. The fourth-order valence-corrected chi connectivity index (χ4v) is 2.25. The van der Waals surface area contributed by atoms with Crippen LogP contribution in [0, 0.1) is 6.92 Å². The minimum absolute atomic E-state index is 0.104. The number of aliphatic hydroxyl groups excluding tert-OH is 1. The van der Waals surface area contributed by atoms with Crippen molar-refractivity contribution >= 4 is 0 Å². The molecule has 1 rings (SSSR count). The molecule has 0 radical (unpaired) electrons. The third-order valence-corrected chi connectivity index (χ3v) is 3.45. The molecule has 1 aromatic rings. The first-order chi connectivity index (χ1) is 9.08. The van der Waals surface area contributed by atoms with E-state index in [9.17, 15) is 5.11 Å². The maximum Gasteiger partial charge on any atom is 0.119 e. The molecule has 108 valence electrons. The van der Waals surface area contributed by atoms with Crippen molar-refractivity contribution < 1.29 is 9.84 Å². The van der Waals surface area contributed by atoms with Crippen molar-refractivity contribution in [2.24, 2.45) is 5.73 Å². The summed E-state index contributed by atoms with van der Waals surface area (Å²) in [7, 11) is 0. The van der Waals surface area contributed by atoms with Gasteiger partial charge in [-0.05, 0) is 56.4 Å². The van der Waals surface area contributed by atoms with Crippen LogP contribution in [-0.2, 0) is 6.42 Å². The van der Waals surface area contributed by atoms with E-state index in [4.69, 9.17) is 10.5 Å². The largest absolute Gasteiger partial charge is 0.494 e. The highest BCUT2D eigenvalue weighted by molar-refractivity contribution is 5.34. The molecule has 0 heterocycles. The van der Waals surface area contributed by atoms with Crippen LogP contribution in [0.2, 0.25) is 0 Å². The molecule has 0 aliphatic carbocycles. The number of benzene rings is 1. The molecule has 3 N–H and O–H groups in total. The van der Waals surface area contributed by atoms with Gasteiger partial charge in [0.05, 0.1) is 12.7 Å². The van der Waals surface area contributed by atoms with Gasteiger partial charge < -0.3 is 15.6 Å². The molecule has 19 heavy (non-hydrogen) atoms. The van der Waals surface area contributed by atoms with E-state index in [1.807, 2.05) is 13.0 Å². The molecular formula is C16H27NO2. The predicted molar refractivity (Wildman–Crippen MR) is 79.6 cm³/mol. The van der Waals surface area contributed by atoms with E-state index < -0.39 is 6.10 Å². The second-order valence-corrected chi connectivity index (χ2v) is 5.08. The Kier molecular flexibility index (Phi) is 6.89. The van der Waals surface area contributed by atoms with E-state index in [1.165, 1.54) is 11.1 Å². The molecular weight excluding hydrogens is 238 g/mol. The van der Waals surface area contributed by atoms with Crippen LogP contribution >= 0.6 is 0 Å². The molecule has 0 aliphatic rings.